The van der Waals surface area contributed by atoms with Gasteiger partial charge >= 0.3 is 6.09 Å². The molecule has 0 aromatic heterocycles. The molecule has 1 N–H and O–H groups in total. The largest absolute Gasteiger partial charge is 0.450 e. The molecule has 1 fully saturated rings. The molecule has 1 atom stereocenters. The van der Waals surface area contributed by atoms with E-state index in [4.69, 9.17) is 4.74 Å². The van der Waals surface area contributed by atoms with Gasteiger partial charge in [0, 0.05) is 25.7 Å². The Bertz CT molecular complexity index is 197. The third-order valence-corrected chi connectivity index (χ3v) is 2.74. The molecule has 0 saturated carbocycles. The minimum absolute atomic E-state index is 0.153. The van der Waals surface area contributed by atoms with Crippen LogP contribution in [-0.2, 0) is 4.74 Å². The summed E-state index contributed by atoms with van der Waals surface area (Å²) in [6, 6.07) is 0.317. The Morgan fingerprint density at radius 2 is 2.33 bits per heavy atom. The van der Waals surface area contributed by atoms with Crippen molar-refractivity contribution in [2.45, 2.75) is 39.2 Å². The molecule has 4 heteroatoms. The van der Waals surface area contributed by atoms with Gasteiger partial charge < -0.3 is 15.0 Å². The first kappa shape index (κ1) is 12.3. The van der Waals surface area contributed by atoms with Crippen LogP contribution in [0.1, 0.15) is 33.1 Å². The molecular weight excluding hydrogens is 192 g/mol. The second-order valence-electron chi connectivity index (χ2n) is 3.89. The predicted octanol–water partition coefficient (Wildman–Crippen LogP) is 1.61. The number of hydrogen-bond donors (Lipinski definition) is 1. The lowest BCUT2D eigenvalue weighted by molar-refractivity contribution is 0.0785. The molecule has 0 aliphatic carbocycles. The molecule has 0 radical (unpaired) electrons. The third kappa shape index (κ3) is 3.70. The Morgan fingerprint density at radius 1 is 1.53 bits per heavy atom. The fourth-order valence-corrected chi connectivity index (χ4v) is 1.91. The normalized spacial score (nSPS) is 21.5. The molecule has 1 aliphatic heterocycles. The van der Waals surface area contributed by atoms with Gasteiger partial charge in [0.2, 0.25) is 0 Å². The van der Waals surface area contributed by atoms with Crippen LogP contribution >= 0.6 is 0 Å². The van der Waals surface area contributed by atoms with Gasteiger partial charge in [-0.1, -0.05) is 19.8 Å². The van der Waals surface area contributed by atoms with Crippen molar-refractivity contribution in [3.05, 3.63) is 0 Å². The second kappa shape index (κ2) is 6.67. The summed E-state index contributed by atoms with van der Waals surface area (Å²) in [7, 11) is 0. The monoisotopic (exact) mass is 214 g/mol. The summed E-state index contributed by atoms with van der Waals surface area (Å²) < 4.78 is 5.05. The van der Waals surface area contributed by atoms with Crippen LogP contribution in [0.2, 0.25) is 0 Å². The van der Waals surface area contributed by atoms with Crippen LogP contribution in [0.4, 0.5) is 4.79 Å². The van der Waals surface area contributed by atoms with E-state index in [1.807, 2.05) is 11.8 Å². The minimum atomic E-state index is -0.153. The number of amides is 1. The Hall–Kier alpha value is -0.770. The summed E-state index contributed by atoms with van der Waals surface area (Å²) in [5.41, 5.74) is 0. The van der Waals surface area contributed by atoms with E-state index in [0.717, 1.165) is 26.1 Å². The van der Waals surface area contributed by atoms with Crippen molar-refractivity contribution >= 4 is 6.09 Å². The molecular formula is C11H22N2O2. The highest BCUT2D eigenvalue weighted by atomic mass is 16.6. The first-order valence-electron chi connectivity index (χ1n) is 5.93. The lowest BCUT2D eigenvalue weighted by Gasteiger charge is -2.35. The summed E-state index contributed by atoms with van der Waals surface area (Å²) in [6.07, 6.45) is 3.26. The highest BCUT2D eigenvalue weighted by Crippen LogP contribution is 2.12. The van der Waals surface area contributed by atoms with E-state index < -0.39 is 0 Å². The number of carbonyl (C=O) groups excluding carboxylic acids is 1. The standard InChI is InChI=1S/C11H22N2O2/c1-3-5-6-10-9-12-7-8-13(10)11(14)15-4-2/h10,12H,3-9H2,1-2H3. The summed E-state index contributed by atoms with van der Waals surface area (Å²) >= 11 is 0. The smallest absolute Gasteiger partial charge is 0.410 e. The maximum atomic E-state index is 11.6. The fourth-order valence-electron chi connectivity index (χ4n) is 1.91. The molecule has 1 saturated heterocycles. The molecule has 0 aromatic carbocycles. The van der Waals surface area contributed by atoms with Crippen LogP contribution in [0.25, 0.3) is 0 Å². The first-order chi connectivity index (χ1) is 7.29. The number of ether oxygens (including phenoxy) is 1. The van der Waals surface area contributed by atoms with Crippen molar-refractivity contribution in [3.63, 3.8) is 0 Å². The number of nitrogens with zero attached hydrogens (tertiary/aromatic N) is 1. The number of unbranched alkanes of at least 4 members (excludes halogenated alkanes) is 1. The SMILES string of the molecule is CCCCC1CNCCN1C(=O)OCC. The molecule has 88 valence electrons. The van der Waals surface area contributed by atoms with Gasteiger partial charge in [0.15, 0.2) is 0 Å². The van der Waals surface area contributed by atoms with Gasteiger partial charge in [-0.15, -0.1) is 0 Å². The molecule has 0 aromatic rings. The zero-order valence-corrected chi connectivity index (χ0v) is 9.79. The van der Waals surface area contributed by atoms with Crippen molar-refractivity contribution in [1.29, 1.82) is 0 Å². The molecule has 0 bridgehead atoms. The quantitative estimate of drug-likeness (QED) is 0.773. The van der Waals surface area contributed by atoms with Crippen LogP contribution in [0.3, 0.4) is 0 Å². The zero-order valence-electron chi connectivity index (χ0n) is 9.79. The maximum Gasteiger partial charge on any atom is 0.410 e. The number of piperazine rings is 1. The van der Waals surface area contributed by atoms with Gasteiger partial charge in [0.25, 0.3) is 0 Å². The number of hydrogen-bond acceptors (Lipinski definition) is 3. The first-order valence-corrected chi connectivity index (χ1v) is 5.93. The molecule has 1 amide bonds. The van der Waals surface area contributed by atoms with Crippen LogP contribution < -0.4 is 5.32 Å². The van der Waals surface area contributed by atoms with Crippen molar-refractivity contribution in [3.8, 4) is 0 Å². The highest BCUT2D eigenvalue weighted by molar-refractivity contribution is 5.68. The Morgan fingerprint density at radius 3 is 3.00 bits per heavy atom. The summed E-state index contributed by atoms with van der Waals surface area (Å²) in [4.78, 5) is 13.5. The van der Waals surface area contributed by atoms with E-state index in [1.54, 1.807) is 0 Å². The molecule has 15 heavy (non-hydrogen) atoms. The Balaban J connectivity index is 2.45. The zero-order chi connectivity index (χ0) is 11.1. The topological polar surface area (TPSA) is 41.6 Å². The fraction of sp³-hybridized carbons (Fsp3) is 0.909. The molecule has 1 heterocycles. The molecule has 1 rings (SSSR count). The number of carbonyl (C=O) groups is 1. The van der Waals surface area contributed by atoms with E-state index >= 15 is 0 Å². The average Bonchev–Trinajstić information content (AvgIpc) is 2.27. The molecule has 4 nitrogen and oxygen atoms in total. The molecule has 1 unspecified atom stereocenters. The van der Waals surface area contributed by atoms with Crippen molar-refractivity contribution in [1.82, 2.24) is 10.2 Å². The van der Waals surface area contributed by atoms with Gasteiger partial charge in [-0.25, -0.2) is 4.79 Å². The number of nitrogens with one attached hydrogen (secondary N) is 1. The Labute approximate surface area is 92.0 Å². The van der Waals surface area contributed by atoms with E-state index in [0.29, 0.717) is 12.6 Å². The van der Waals surface area contributed by atoms with Gasteiger partial charge in [-0.3, -0.25) is 0 Å². The average molecular weight is 214 g/mol. The van der Waals surface area contributed by atoms with Crippen molar-refractivity contribution in [2.75, 3.05) is 26.2 Å². The minimum Gasteiger partial charge on any atom is -0.450 e. The van der Waals surface area contributed by atoms with Gasteiger partial charge in [-0.2, -0.15) is 0 Å². The van der Waals surface area contributed by atoms with E-state index in [9.17, 15) is 4.79 Å². The molecule has 1 aliphatic rings. The summed E-state index contributed by atoms with van der Waals surface area (Å²) in [5, 5.41) is 3.32. The van der Waals surface area contributed by atoms with Crippen LogP contribution in [0.5, 0.6) is 0 Å². The molecule has 0 spiro atoms. The number of rotatable bonds is 4. The van der Waals surface area contributed by atoms with Crippen molar-refractivity contribution < 1.29 is 9.53 Å². The van der Waals surface area contributed by atoms with E-state index in [2.05, 4.69) is 12.2 Å². The lowest BCUT2D eigenvalue weighted by atomic mass is 10.1. The summed E-state index contributed by atoms with van der Waals surface area (Å²) in [6.45, 7) is 7.03. The summed E-state index contributed by atoms with van der Waals surface area (Å²) in [5.74, 6) is 0. The predicted molar refractivity (Wildman–Crippen MR) is 59.9 cm³/mol. The lowest BCUT2D eigenvalue weighted by Crippen LogP contribution is -2.53. The van der Waals surface area contributed by atoms with Gasteiger partial charge in [0.1, 0.15) is 0 Å². The van der Waals surface area contributed by atoms with Gasteiger partial charge in [-0.05, 0) is 13.3 Å². The van der Waals surface area contributed by atoms with E-state index in [-0.39, 0.29) is 6.09 Å². The van der Waals surface area contributed by atoms with Gasteiger partial charge in [0.05, 0.1) is 6.61 Å². The van der Waals surface area contributed by atoms with Crippen LogP contribution in [0.15, 0.2) is 0 Å². The van der Waals surface area contributed by atoms with E-state index in [1.165, 1.54) is 12.8 Å². The second-order valence-corrected chi connectivity index (χ2v) is 3.89. The van der Waals surface area contributed by atoms with Crippen molar-refractivity contribution in [2.24, 2.45) is 0 Å². The Kier molecular flexibility index (Phi) is 5.47. The third-order valence-electron chi connectivity index (χ3n) is 2.74. The highest BCUT2D eigenvalue weighted by Gasteiger charge is 2.26. The maximum absolute atomic E-state index is 11.6. The van der Waals surface area contributed by atoms with Crippen LogP contribution in [0, 0.1) is 0 Å². The van der Waals surface area contributed by atoms with Crippen LogP contribution in [-0.4, -0.2) is 43.3 Å².